The third kappa shape index (κ3) is 2.57. The molecule has 4 rings (SSSR count). The number of rotatable bonds is 3. The Labute approximate surface area is 139 Å². The monoisotopic (exact) mass is 322 g/mol. The summed E-state index contributed by atoms with van der Waals surface area (Å²) >= 11 is 0. The molecule has 0 unspecified atom stereocenters. The van der Waals surface area contributed by atoms with E-state index in [1.165, 1.54) is 5.56 Å². The van der Waals surface area contributed by atoms with Crippen molar-refractivity contribution in [3.05, 3.63) is 66.1 Å². The second-order valence-corrected chi connectivity index (χ2v) is 6.03. The van der Waals surface area contributed by atoms with E-state index in [1.807, 2.05) is 18.2 Å². The molecule has 0 spiro atoms. The van der Waals surface area contributed by atoms with Crippen LogP contribution < -0.4 is 0 Å². The lowest BCUT2D eigenvalue weighted by molar-refractivity contribution is 0.0523. The fraction of sp³-hybridized carbons (Fsp3) is 0.263. The van der Waals surface area contributed by atoms with Crippen molar-refractivity contribution in [2.45, 2.75) is 18.3 Å². The summed E-state index contributed by atoms with van der Waals surface area (Å²) in [4.78, 5) is 4.67. The van der Waals surface area contributed by atoms with Gasteiger partial charge in [-0.1, -0.05) is 35.5 Å². The van der Waals surface area contributed by atoms with Crippen molar-refractivity contribution in [1.82, 2.24) is 10.1 Å². The summed E-state index contributed by atoms with van der Waals surface area (Å²) in [6, 6.07) is 17.1. The molecule has 1 aliphatic rings. The molecular formula is C19H18N2O3. The minimum atomic E-state index is -0.304. The number of benzene rings is 2. The summed E-state index contributed by atoms with van der Waals surface area (Å²) < 4.78 is 11.2. The van der Waals surface area contributed by atoms with Gasteiger partial charge in [0.25, 0.3) is 0 Å². The maximum atomic E-state index is 9.42. The van der Waals surface area contributed by atoms with Gasteiger partial charge in [-0.25, -0.2) is 0 Å². The van der Waals surface area contributed by atoms with E-state index in [4.69, 9.17) is 9.26 Å². The lowest BCUT2D eigenvalue weighted by atomic mass is 9.74. The molecule has 1 saturated heterocycles. The lowest BCUT2D eigenvalue weighted by Gasteiger charge is -2.34. The molecule has 0 saturated carbocycles. The molecule has 5 heteroatoms. The molecule has 0 bridgehead atoms. The molecule has 1 N–H and O–H groups in total. The van der Waals surface area contributed by atoms with Crippen LogP contribution in [0.5, 0.6) is 5.75 Å². The van der Waals surface area contributed by atoms with Gasteiger partial charge in [0.05, 0.1) is 5.41 Å². The second kappa shape index (κ2) is 6.09. The maximum absolute atomic E-state index is 9.42. The smallest absolute Gasteiger partial charge is 0.237 e. The van der Waals surface area contributed by atoms with Gasteiger partial charge in [-0.05, 0) is 42.7 Å². The van der Waals surface area contributed by atoms with Crippen molar-refractivity contribution in [3.8, 4) is 17.1 Å². The molecule has 1 aliphatic heterocycles. The number of aromatic nitrogens is 2. The average Bonchev–Trinajstić information content (AvgIpc) is 3.14. The largest absolute Gasteiger partial charge is 0.508 e. The summed E-state index contributed by atoms with van der Waals surface area (Å²) in [5.74, 6) is 1.37. The summed E-state index contributed by atoms with van der Waals surface area (Å²) in [5.41, 5.74) is 1.69. The molecule has 3 aromatic rings. The van der Waals surface area contributed by atoms with Gasteiger partial charge in [0.15, 0.2) is 0 Å². The standard InChI is InChI=1S/C19H18N2O3/c22-16-8-6-14(7-9-16)17-20-18(24-21-17)19(10-12-23-13-11-19)15-4-2-1-3-5-15/h1-9,22H,10-13H2. The molecule has 2 aromatic carbocycles. The van der Waals surface area contributed by atoms with E-state index in [9.17, 15) is 5.11 Å². The van der Waals surface area contributed by atoms with Gasteiger partial charge in [0.1, 0.15) is 5.75 Å². The van der Waals surface area contributed by atoms with Crippen LogP contribution in [-0.4, -0.2) is 28.5 Å². The first-order valence-corrected chi connectivity index (χ1v) is 8.05. The molecular weight excluding hydrogens is 304 g/mol. The highest BCUT2D eigenvalue weighted by Crippen LogP contribution is 2.40. The van der Waals surface area contributed by atoms with Gasteiger partial charge in [0, 0.05) is 18.8 Å². The highest BCUT2D eigenvalue weighted by atomic mass is 16.5. The van der Waals surface area contributed by atoms with Gasteiger partial charge in [-0.3, -0.25) is 0 Å². The lowest BCUT2D eigenvalue weighted by Crippen LogP contribution is -2.35. The van der Waals surface area contributed by atoms with Crippen LogP contribution in [0.15, 0.2) is 59.1 Å². The van der Waals surface area contributed by atoms with Crippen LogP contribution in [0.2, 0.25) is 0 Å². The predicted octanol–water partition coefficient (Wildman–Crippen LogP) is 3.54. The number of hydrogen-bond acceptors (Lipinski definition) is 5. The van der Waals surface area contributed by atoms with Crippen molar-refractivity contribution < 1.29 is 14.4 Å². The van der Waals surface area contributed by atoms with Crippen LogP contribution in [0.25, 0.3) is 11.4 Å². The zero-order chi connectivity index (χ0) is 16.4. The van der Waals surface area contributed by atoms with Crippen LogP contribution in [0.1, 0.15) is 24.3 Å². The first kappa shape index (κ1) is 14.9. The Morgan fingerprint density at radius 2 is 1.62 bits per heavy atom. The molecule has 0 radical (unpaired) electrons. The van der Waals surface area contributed by atoms with Crippen molar-refractivity contribution in [2.24, 2.45) is 0 Å². The highest BCUT2D eigenvalue weighted by molar-refractivity contribution is 5.55. The van der Waals surface area contributed by atoms with Gasteiger partial charge in [-0.2, -0.15) is 4.98 Å². The quantitative estimate of drug-likeness (QED) is 0.799. The Kier molecular flexibility index (Phi) is 3.78. The highest BCUT2D eigenvalue weighted by Gasteiger charge is 2.41. The van der Waals surface area contributed by atoms with E-state index in [-0.39, 0.29) is 11.2 Å². The maximum Gasteiger partial charge on any atom is 0.237 e. The summed E-state index contributed by atoms with van der Waals surface area (Å²) in [7, 11) is 0. The zero-order valence-corrected chi connectivity index (χ0v) is 13.2. The fourth-order valence-electron chi connectivity index (χ4n) is 3.25. The average molecular weight is 322 g/mol. The Bertz CT molecular complexity index is 806. The molecule has 122 valence electrons. The van der Waals surface area contributed by atoms with Gasteiger partial charge < -0.3 is 14.4 Å². The normalized spacial score (nSPS) is 16.8. The topological polar surface area (TPSA) is 68.4 Å². The Hall–Kier alpha value is -2.66. The second-order valence-electron chi connectivity index (χ2n) is 6.03. The van der Waals surface area contributed by atoms with Gasteiger partial charge in [-0.15, -0.1) is 0 Å². The van der Waals surface area contributed by atoms with E-state index in [0.29, 0.717) is 24.9 Å². The Balaban J connectivity index is 1.76. The molecule has 1 aromatic heterocycles. The summed E-state index contributed by atoms with van der Waals surface area (Å²) in [5, 5.41) is 13.6. The minimum Gasteiger partial charge on any atom is -0.508 e. The Morgan fingerprint density at radius 1 is 0.917 bits per heavy atom. The Morgan fingerprint density at radius 3 is 2.33 bits per heavy atom. The number of aromatic hydroxyl groups is 1. The zero-order valence-electron chi connectivity index (χ0n) is 13.2. The SMILES string of the molecule is Oc1ccc(-c2noc(C3(c4ccccc4)CCOCC3)n2)cc1. The van der Waals surface area contributed by atoms with Crippen molar-refractivity contribution >= 4 is 0 Å². The molecule has 0 aliphatic carbocycles. The van der Waals surface area contributed by atoms with Crippen molar-refractivity contribution in [1.29, 1.82) is 0 Å². The van der Waals surface area contributed by atoms with Crippen molar-refractivity contribution in [3.63, 3.8) is 0 Å². The third-order valence-corrected chi connectivity index (χ3v) is 4.63. The minimum absolute atomic E-state index is 0.215. The van der Waals surface area contributed by atoms with E-state index in [2.05, 4.69) is 22.3 Å². The predicted molar refractivity (Wildman–Crippen MR) is 88.7 cm³/mol. The third-order valence-electron chi connectivity index (χ3n) is 4.63. The number of ether oxygens (including phenoxy) is 1. The summed E-state index contributed by atoms with van der Waals surface area (Å²) in [6.45, 7) is 1.34. The van der Waals surface area contributed by atoms with Crippen LogP contribution in [0.4, 0.5) is 0 Å². The first-order valence-electron chi connectivity index (χ1n) is 8.05. The number of phenolic OH excluding ortho intramolecular Hbond substituents is 1. The van der Waals surface area contributed by atoms with Gasteiger partial charge in [0.2, 0.25) is 11.7 Å². The number of phenols is 1. The van der Waals surface area contributed by atoms with E-state index < -0.39 is 0 Å². The van der Waals surface area contributed by atoms with Crippen LogP contribution >= 0.6 is 0 Å². The number of nitrogens with zero attached hydrogens (tertiary/aromatic N) is 2. The van der Waals surface area contributed by atoms with E-state index >= 15 is 0 Å². The fourth-order valence-corrected chi connectivity index (χ4v) is 3.25. The van der Waals surface area contributed by atoms with E-state index in [1.54, 1.807) is 24.3 Å². The number of hydrogen-bond donors (Lipinski definition) is 1. The van der Waals surface area contributed by atoms with Crippen LogP contribution in [0, 0.1) is 0 Å². The molecule has 0 amide bonds. The molecule has 5 nitrogen and oxygen atoms in total. The molecule has 1 fully saturated rings. The molecule has 0 atom stereocenters. The first-order chi connectivity index (χ1) is 11.8. The van der Waals surface area contributed by atoms with Crippen LogP contribution in [0.3, 0.4) is 0 Å². The van der Waals surface area contributed by atoms with Gasteiger partial charge >= 0.3 is 0 Å². The summed E-state index contributed by atoms with van der Waals surface area (Å²) in [6.07, 6.45) is 1.63. The van der Waals surface area contributed by atoms with E-state index in [0.717, 1.165) is 18.4 Å². The van der Waals surface area contributed by atoms with Crippen molar-refractivity contribution in [2.75, 3.05) is 13.2 Å². The van der Waals surface area contributed by atoms with Crippen LogP contribution in [-0.2, 0) is 10.2 Å². The molecule has 2 heterocycles. The molecule has 24 heavy (non-hydrogen) atoms.